The number of benzene rings is 1. The van der Waals surface area contributed by atoms with Crippen molar-refractivity contribution in [2.75, 3.05) is 13.1 Å². The van der Waals surface area contributed by atoms with Crippen molar-refractivity contribution in [1.29, 1.82) is 0 Å². The van der Waals surface area contributed by atoms with E-state index in [4.69, 9.17) is 27.6 Å². The predicted molar refractivity (Wildman–Crippen MR) is 97.7 cm³/mol. The van der Waals surface area contributed by atoms with Crippen molar-refractivity contribution in [1.82, 2.24) is 10.6 Å². The van der Waals surface area contributed by atoms with Crippen LogP contribution in [-0.4, -0.2) is 24.2 Å². The summed E-state index contributed by atoms with van der Waals surface area (Å²) in [5, 5.41) is 17.5. The molecule has 0 spiro atoms. The smallest absolute Gasteiger partial charge is 0.191 e. The molecule has 1 aromatic carbocycles. The van der Waals surface area contributed by atoms with Gasteiger partial charge in [-0.05, 0) is 43.7 Å². The Morgan fingerprint density at radius 2 is 2.08 bits per heavy atom. The monoisotopic (exact) mass is 369 g/mol. The first-order valence-electron chi connectivity index (χ1n) is 7.72. The number of rotatable bonds is 6. The highest BCUT2D eigenvalue weighted by molar-refractivity contribution is 6.42. The SMILES string of the molecule is CCNC(=NCC(O)c1ccco1)NC(C)c1ccc(Cl)c(Cl)c1. The highest BCUT2D eigenvalue weighted by atomic mass is 35.5. The molecule has 2 aromatic rings. The van der Waals surface area contributed by atoms with E-state index in [1.54, 1.807) is 18.2 Å². The van der Waals surface area contributed by atoms with Gasteiger partial charge in [-0.3, -0.25) is 4.99 Å². The fourth-order valence-electron chi connectivity index (χ4n) is 2.14. The number of nitrogens with zero attached hydrogens (tertiary/aromatic N) is 1. The lowest BCUT2D eigenvalue weighted by Crippen LogP contribution is -2.39. The van der Waals surface area contributed by atoms with E-state index in [0.29, 0.717) is 28.3 Å². The van der Waals surface area contributed by atoms with Gasteiger partial charge in [-0.15, -0.1) is 0 Å². The summed E-state index contributed by atoms with van der Waals surface area (Å²) in [6.45, 7) is 4.87. The second kappa shape index (κ2) is 8.97. The zero-order valence-corrected chi connectivity index (χ0v) is 15.1. The summed E-state index contributed by atoms with van der Waals surface area (Å²) < 4.78 is 5.18. The van der Waals surface area contributed by atoms with Crippen LogP contribution >= 0.6 is 23.2 Å². The lowest BCUT2D eigenvalue weighted by atomic mass is 10.1. The maximum absolute atomic E-state index is 10.1. The van der Waals surface area contributed by atoms with Gasteiger partial charge in [0.05, 0.1) is 28.9 Å². The van der Waals surface area contributed by atoms with Crippen LogP contribution in [0.2, 0.25) is 10.0 Å². The number of nitrogens with one attached hydrogen (secondary N) is 2. The van der Waals surface area contributed by atoms with Crippen LogP contribution < -0.4 is 10.6 Å². The van der Waals surface area contributed by atoms with Crippen molar-refractivity contribution >= 4 is 29.2 Å². The largest absolute Gasteiger partial charge is 0.467 e. The van der Waals surface area contributed by atoms with Crippen LogP contribution in [0.1, 0.15) is 37.3 Å². The van der Waals surface area contributed by atoms with Crippen LogP contribution in [0.25, 0.3) is 0 Å². The van der Waals surface area contributed by atoms with Crippen LogP contribution in [0.5, 0.6) is 0 Å². The van der Waals surface area contributed by atoms with Crippen molar-refractivity contribution in [2.45, 2.75) is 26.0 Å². The van der Waals surface area contributed by atoms with E-state index in [1.807, 2.05) is 26.0 Å². The average molecular weight is 370 g/mol. The Morgan fingerprint density at radius 1 is 1.29 bits per heavy atom. The number of guanidine groups is 1. The molecule has 2 atom stereocenters. The Labute approximate surface area is 151 Å². The standard InChI is InChI=1S/C17H21Cl2N3O2/c1-3-20-17(21-10-15(23)16-5-4-8-24-16)22-11(2)12-6-7-13(18)14(19)9-12/h4-9,11,15,23H,3,10H2,1-2H3,(H2,20,21,22). The summed E-state index contributed by atoms with van der Waals surface area (Å²) >= 11 is 12.0. The summed E-state index contributed by atoms with van der Waals surface area (Å²) in [7, 11) is 0. The Balaban J connectivity index is 2.03. The van der Waals surface area contributed by atoms with Gasteiger partial charge in [0.2, 0.25) is 0 Å². The third-order valence-corrected chi connectivity index (χ3v) is 4.17. The number of aliphatic hydroxyl groups excluding tert-OH is 1. The second-order valence-corrected chi connectivity index (χ2v) is 6.10. The molecule has 5 nitrogen and oxygen atoms in total. The van der Waals surface area contributed by atoms with Gasteiger partial charge in [0.15, 0.2) is 5.96 Å². The summed E-state index contributed by atoms with van der Waals surface area (Å²) in [5.41, 5.74) is 0.988. The molecule has 0 aliphatic rings. The molecule has 0 aliphatic carbocycles. The van der Waals surface area contributed by atoms with E-state index in [-0.39, 0.29) is 12.6 Å². The first-order chi connectivity index (χ1) is 11.5. The summed E-state index contributed by atoms with van der Waals surface area (Å²) in [6, 6.07) is 8.92. The Hall–Kier alpha value is -1.69. The lowest BCUT2D eigenvalue weighted by molar-refractivity contribution is 0.158. The maximum atomic E-state index is 10.1. The van der Waals surface area contributed by atoms with Gasteiger partial charge in [-0.2, -0.15) is 0 Å². The molecule has 0 bridgehead atoms. The molecule has 1 heterocycles. The number of hydrogen-bond acceptors (Lipinski definition) is 3. The minimum Gasteiger partial charge on any atom is -0.467 e. The fraction of sp³-hybridized carbons (Fsp3) is 0.353. The lowest BCUT2D eigenvalue weighted by Gasteiger charge is -2.19. The van der Waals surface area contributed by atoms with Gasteiger partial charge in [-0.25, -0.2) is 0 Å². The average Bonchev–Trinajstić information content (AvgIpc) is 3.09. The van der Waals surface area contributed by atoms with Crippen LogP contribution in [0.15, 0.2) is 46.0 Å². The molecule has 7 heteroatoms. The first kappa shape index (κ1) is 18.6. The first-order valence-corrected chi connectivity index (χ1v) is 8.48. The highest BCUT2D eigenvalue weighted by Gasteiger charge is 2.12. The van der Waals surface area contributed by atoms with E-state index in [0.717, 1.165) is 5.56 Å². The molecular formula is C17H21Cl2N3O2. The Kier molecular flexibility index (Phi) is 6.97. The molecule has 0 radical (unpaired) electrons. The van der Waals surface area contributed by atoms with Crippen LogP contribution in [-0.2, 0) is 0 Å². The van der Waals surface area contributed by atoms with Crippen LogP contribution in [0, 0.1) is 0 Å². The quantitative estimate of drug-likeness (QED) is 0.532. The number of furan rings is 1. The Bertz CT molecular complexity index is 674. The number of aliphatic hydroxyl groups is 1. The van der Waals surface area contributed by atoms with E-state index >= 15 is 0 Å². The molecule has 2 rings (SSSR count). The number of halogens is 2. The third kappa shape index (κ3) is 5.16. The fourth-order valence-corrected chi connectivity index (χ4v) is 2.45. The molecule has 0 saturated heterocycles. The van der Waals surface area contributed by atoms with Crippen molar-refractivity contribution in [3.05, 3.63) is 58.0 Å². The maximum Gasteiger partial charge on any atom is 0.191 e. The second-order valence-electron chi connectivity index (χ2n) is 5.29. The number of aliphatic imine (C=N–C) groups is 1. The molecule has 0 aliphatic heterocycles. The molecule has 0 amide bonds. The van der Waals surface area contributed by atoms with Crippen molar-refractivity contribution < 1.29 is 9.52 Å². The van der Waals surface area contributed by atoms with Crippen LogP contribution in [0.4, 0.5) is 0 Å². The highest BCUT2D eigenvalue weighted by Crippen LogP contribution is 2.25. The minimum atomic E-state index is -0.782. The van der Waals surface area contributed by atoms with Gasteiger partial charge in [0.25, 0.3) is 0 Å². The van der Waals surface area contributed by atoms with E-state index in [2.05, 4.69) is 15.6 Å². The van der Waals surface area contributed by atoms with Gasteiger partial charge in [0, 0.05) is 6.54 Å². The molecule has 3 N–H and O–H groups in total. The molecule has 0 fully saturated rings. The van der Waals surface area contributed by atoms with E-state index < -0.39 is 6.10 Å². The minimum absolute atomic E-state index is 0.0293. The Morgan fingerprint density at radius 3 is 2.71 bits per heavy atom. The predicted octanol–water partition coefficient (Wildman–Crippen LogP) is 3.94. The van der Waals surface area contributed by atoms with Crippen molar-refractivity contribution in [2.24, 2.45) is 4.99 Å². The molecular weight excluding hydrogens is 349 g/mol. The molecule has 0 saturated carbocycles. The van der Waals surface area contributed by atoms with Crippen molar-refractivity contribution in [3.63, 3.8) is 0 Å². The zero-order chi connectivity index (χ0) is 17.5. The summed E-state index contributed by atoms with van der Waals surface area (Å²) in [6.07, 6.45) is 0.744. The van der Waals surface area contributed by atoms with E-state index in [1.165, 1.54) is 6.26 Å². The van der Waals surface area contributed by atoms with Gasteiger partial charge in [-0.1, -0.05) is 29.3 Å². The number of hydrogen-bond donors (Lipinski definition) is 3. The normalized spacial score (nSPS) is 14.3. The zero-order valence-electron chi connectivity index (χ0n) is 13.6. The molecule has 130 valence electrons. The van der Waals surface area contributed by atoms with Gasteiger partial charge >= 0.3 is 0 Å². The van der Waals surface area contributed by atoms with Gasteiger partial charge in [0.1, 0.15) is 11.9 Å². The van der Waals surface area contributed by atoms with Gasteiger partial charge < -0.3 is 20.2 Å². The summed E-state index contributed by atoms with van der Waals surface area (Å²) in [4.78, 5) is 4.40. The molecule has 2 unspecified atom stereocenters. The molecule has 1 aromatic heterocycles. The van der Waals surface area contributed by atoms with Crippen LogP contribution in [0.3, 0.4) is 0 Å². The van der Waals surface area contributed by atoms with Crippen molar-refractivity contribution in [3.8, 4) is 0 Å². The summed E-state index contributed by atoms with van der Waals surface area (Å²) in [5.74, 6) is 1.09. The molecule has 24 heavy (non-hydrogen) atoms. The topological polar surface area (TPSA) is 69.8 Å². The van der Waals surface area contributed by atoms with E-state index in [9.17, 15) is 5.11 Å². The third-order valence-electron chi connectivity index (χ3n) is 3.44.